The summed E-state index contributed by atoms with van der Waals surface area (Å²) in [4.78, 5) is 34.5. The number of carbonyl (C=O) groups excluding carboxylic acids is 3. The number of ether oxygens (including phenoxy) is 2. The zero-order valence-corrected chi connectivity index (χ0v) is 13.3. The molecule has 7 heteroatoms. The summed E-state index contributed by atoms with van der Waals surface area (Å²) in [6, 6.07) is 6.36. The predicted octanol–water partition coefficient (Wildman–Crippen LogP) is 3.52. The molecule has 1 saturated carbocycles. The average molecular weight is 320 g/mol. The Labute approximate surface area is 134 Å². The first-order valence-corrected chi connectivity index (χ1v) is 7.36. The van der Waals surface area contributed by atoms with Crippen molar-refractivity contribution < 1.29 is 23.9 Å². The molecule has 0 spiro atoms. The van der Waals surface area contributed by atoms with Crippen LogP contribution in [0.15, 0.2) is 24.3 Å². The first kappa shape index (κ1) is 16.8. The molecule has 2 amide bonds. The highest BCUT2D eigenvalue weighted by Crippen LogP contribution is 2.30. The van der Waals surface area contributed by atoms with Crippen LogP contribution in [0.3, 0.4) is 0 Å². The molecule has 124 valence electrons. The van der Waals surface area contributed by atoms with Crippen LogP contribution in [0.4, 0.5) is 21.0 Å². The maximum absolute atomic E-state index is 11.6. The lowest BCUT2D eigenvalue weighted by molar-refractivity contribution is -0.138. The Morgan fingerprint density at radius 2 is 1.43 bits per heavy atom. The van der Waals surface area contributed by atoms with E-state index in [-0.39, 0.29) is 5.92 Å². The summed E-state index contributed by atoms with van der Waals surface area (Å²) in [6.07, 6.45) is 0.177. The molecule has 0 saturated heterocycles. The average Bonchev–Trinajstić information content (AvgIpc) is 3.23. The molecule has 0 heterocycles. The quantitative estimate of drug-likeness (QED) is 0.656. The van der Waals surface area contributed by atoms with Gasteiger partial charge in [0.1, 0.15) is 5.60 Å². The smallest absolute Gasteiger partial charge is 0.419 e. The highest BCUT2D eigenvalue weighted by atomic mass is 16.6. The fraction of sp³-hybridized carbons (Fsp3) is 0.438. The van der Waals surface area contributed by atoms with Gasteiger partial charge in [-0.25, -0.2) is 9.59 Å². The molecule has 0 unspecified atom stereocenters. The van der Waals surface area contributed by atoms with Crippen molar-refractivity contribution in [3.05, 3.63) is 24.3 Å². The van der Waals surface area contributed by atoms with Crippen molar-refractivity contribution in [3.8, 4) is 0 Å². The Morgan fingerprint density at radius 1 is 0.957 bits per heavy atom. The molecule has 0 atom stereocenters. The van der Waals surface area contributed by atoms with Gasteiger partial charge in [0.25, 0.3) is 0 Å². The SMILES string of the molecule is CC(C)(C)OC(=O)Nc1ccc(NC(=O)OC(=O)C2CC2)cc1. The molecule has 1 aromatic rings. The van der Waals surface area contributed by atoms with Gasteiger partial charge in [-0.2, -0.15) is 0 Å². The number of carbonyl (C=O) groups is 3. The fourth-order valence-corrected chi connectivity index (χ4v) is 1.70. The van der Waals surface area contributed by atoms with Crippen LogP contribution in [0, 0.1) is 5.92 Å². The van der Waals surface area contributed by atoms with Gasteiger partial charge in [-0.05, 0) is 57.9 Å². The molecule has 1 aliphatic carbocycles. The monoisotopic (exact) mass is 320 g/mol. The van der Waals surface area contributed by atoms with Gasteiger partial charge in [0, 0.05) is 11.4 Å². The maximum atomic E-state index is 11.6. The molecule has 0 aliphatic heterocycles. The molecule has 0 bridgehead atoms. The van der Waals surface area contributed by atoms with Gasteiger partial charge >= 0.3 is 18.2 Å². The van der Waals surface area contributed by atoms with Gasteiger partial charge < -0.3 is 9.47 Å². The number of hydrogen-bond donors (Lipinski definition) is 2. The van der Waals surface area contributed by atoms with Gasteiger partial charge in [-0.3, -0.25) is 15.4 Å². The van der Waals surface area contributed by atoms with Gasteiger partial charge in [0.05, 0.1) is 5.92 Å². The number of hydrogen-bond acceptors (Lipinski definition) is 5. The minimum atomic E-state index is -0.810. The second-order valence-electron chi connectivity index (χ2n) is 6.31. The van der Waals surface area contributed by atoms with Crippen molar-refractivity contribution in [2.45, 2.75) is 39.2 Å². The van der Waals surface area contributed by atoms with Gasteiger partial charge in [0.2, 0.25) is 0 Å². The van der Waals surface area contributed by atoms with Crippen LogP contribution in [-0.2, 0) is 14.3 Å². The van der Waals surface area contributed by atoms with Gasteiger partial charge in [-0.15, -0.1) is 0 Å². The first-order chi connectivity index (χ1) is 10.7. The molecule has 1 aliphatic rings. The van der Waals surface area contributed by atoms with Crippen molar-refractivity contribution in [2.75, 3.05) is 10.6 Å². The summed E-state index contributed by atoms with van der Waals surface area (Å²) in [6.45, 7) is 5.32. The number of esters is 1. The molecule has 1 aromatic carbocycles. The molecule has 23 heavy (non-hydrogen) atoms. The third-order valence-corrected chi connectivity index (χ3v) is 2.88. The van der Waals surface area contributed by atoms with E-state index in [1.165, 1.54) is 0 Å². The Morgan fingerprint density at radius 3 is 1.87 bits per heavy atom. The van der Waals surface area contributed by atoms with Crippen molar-refractivity contribution >= 4 is 29.5 Å². The summed E-state index contributed by atoms with van der Waals surface area (Å²) in [5.41, 5.74) is 0.393. The fourth-order valence-electron chi connectivity index (χ4n) is 1.70. The van der Waals surface area contributed by atoms with Crippen LogP contribution in [-0.4, -0.2) is 23.8 Å². The Hall–Kier alpha value is -2.57. The summed E-state index contributed by atoms with van der Waals surface area (Å²) in [5.74, 6) is -0.633. The van der Waals surface area contributed by atoms with Crippen LogP contribution >= 0.6 is 0 Å². The lowest BCUT2D eigenvalue weighted by Crippen LogP contribution is -2.27. The van der Waals surface area contributed by atoms with E-state index in [1.807, 2.05) is 0 Å². The van der Waals surface area contributed by atoms with Crippen LogP contribution < -0.4 is 10.6 Å². The first-order valence-electron chi connectivity index (χ1n) is 7.36. The zero-order valence-electron chi connectivity index (χ0n) is 13.3. The van der Waals surface area contributed by atoms with E-state index in [9.17, 15) is 14.4 Å². The van der Waals surface area contributed by atoms with E-state index in [2.05, 4.69) is 15.4 Å². The summed E-state index contributed by atoms with van der Waals surface area (Å²) in [7, 11) is 0. The molecule has 2 N–H and O–H groups in total. The summed E-state index contributed by atoms with van der Waals surface area (Å²) in [5, 5.41) is 5.02. The topological polar surface area (TPSA) is 93.7 Å². The van der Waals surface area contributed by atoms with Crippen molar-refractivity contribution in [1.29, 1.82) is 0 Å². The van der Waals surface area contributed by atoms with E-state index in [1.54, 1.807) is 45.0 Å². The van der Waals surface area contributed by atoms with Crippen LogP contribution in [0.5, 0.6) is 0 Å². The van der Waals surface area contributed by atoms with Gasteiger partial charge in [-0.1, -0.05) is 0 Å². The van der Waals surface area contributed by atoms with Crippen molar-refractivity contribution in [1.82, 2.24) is 0 Å². The predicted molar refractivity (Wildman–Crippen MR) is 84.1 cm³/mol. The number of anilines is 2. The van der Waals surface area contributed by atoms with E-state index < -0.39 is 23.8 Å². The molecule has 1 fully saturated rings. The number of nitrogens with one attached hydrogen (secondary N) is 2. The van der Waals surface area contributed by atoms with E-state index in [0.29, 0.717) is 11.4 Å². The molecule has 0 aromatic heterocycles. The van der Waals surface area contributed by atoms with E-state index in [4.69, 9.17) is 4.74 Å². The third kappa shape index (κ3) is 5.98. The standard InChI is InChI=1S/C16H20N2O5/c1-16(2,3)23-15(21)18-12-8-6-11(7-9-12)17-14(20)22-13(19)10-4-5-10/h6-10H,4-5H2,1-3H3,(H,17,20)(H,18,21). The van der Waals surface area contributed by atoms with E-state index >= 15 is 0 Å². The molecular weight excluding hydrogens is 300 g/mol. The van der Waals surface area contributed by atoms with Crippen LogP contribution in [0.1, 0.15) is 33.6 Å². The van der Waals surface area contributed by atoms with Crippen LogP contribution in [0.2, 0.25) is 0 Å². The Bertz CT molecular complexity index is 600. The molecule has 0 radical (unpaired) electrons. The second kappa shape index (κ2) is 6.68. The molecule has 2 rings (SSSR count). The number of benzene rings is 1. The normalized spacial score (nSPS) is 13.9. The summed E-state index contributed by atoms with van der Waals surface area (Å²) >= 11 is 0. The third-order valence-electron chi connectivity index (χ3n) is 2.88. The zero-order chi connectivity index (χ0) is 17.0. The van der Waals surface area contributed by atoms with Crippen LogP contribution in [0.25, 0.3) is 0 Å². The highest BCUT2D eigenvalue weighted by Gasteiger charge is 2.32. The minimum absolute atomic E-state index is 0.138. The number of amides is 2. The maximum Gasteiger partial charge on any atom is 0.419 e. The Balaban J connectivity index is 1.82. The highest BCUT2D eigenvalue weighted by molar-refractivity contribution is 5.94. The van der Waals surface area contributed by atoms with Crippen molar-refractivity contribution in [3.63, 3.8) is 0 Å². The number of rotatable bonds is 3. The van der Waals surface area contributed by atoms with Gasteiger partial charge in [0.15, 0.2) is 0 Å². The lowest BCUT2D eigenvalue weighted by atomic mass is 10.2. The lowest BCUT2D eigenvalue weighted by Gasteiger charge is -2.19. The minimum Gasteiger partial charge on any atom is -0.444 e. The largest absolute Gasteiger partial charge is 0.444 e. The van der Waals surface area contributed by atoms with Crippen molar-refractivity contribution in [2.24, 2.45) is 5.92 Å². The molecule has 7 nitrogen and oxygen atoms in total. The summed E-state index contributed by atoms with van der Waals surface area (Å²) < 4.78 is 9.78. The Kier molecular flexibility index (Phi) is 4.88. The van der Waals surface area contributed by atoms with E-state index in [0.717, 1.165) is 12.8 Å². The molecular formula is C16H20N2O5. The second-order valence-corrected chi connectivity index (χ2v) is 6.31.